The minimum Gasteiger partial charge on any atom is -0.0656 e. The van der Waals surface area contributed by atoms with Crippen molar-refractivity contribution in [3.05, 3.63) is 73.5 Å². The first kappa shape index (κ1) is 49.3. The topological polar surface area (TPSA) is 0 Å². The van der Waals surface area contributed by atoms with Gasteiger partial charge >= 0.3 is 0 Å². The van der Waals surface area contributed by atoms with Crippen LogP contribution in [-0.2, 0) is 0 Å². The molecule has 4 rings (SSSR count). The Bertz CT molecular complexity index is 2010. The lowest BCUT2D eigenvalue weighted by Gasteiger charge is -2.47. The molecule has 1 unspecified atom stereocenters. The van der Waals surface area contributed by atoms with Crippen molar-refractivity contribution in [1.82, 2.24) is 0 Å². The Balaban J connectivity index is 2.72. The van der Waals surface area contributed by atoms with Crippen molar-refractivity contribution in [3.8, 4) is 0 Å². The Hall–Kier alpha value is -1.34. The van der Waals surface area contributed by atoms with E-state index in [1.54, 1.807) is 96.4 Å². The molecule has 0 N–H and O–H groups in total. The van der Waals surface area contributed by atoms with Gasteiger partial charge in [0.05, 0.1) is 48.4 Å². The van der Waals surface area contributed by atoms with Crippen LogP contribution in [0.15, 0.2) is 40.1 Å². The van der Waals surface area contributed by atoms with Gasteiger partial charge < -0.3 is 0 Å². The monoisotopic (exact) mass is 897 g/mol. The summed E-state index contributed by atoms with van der Waals surface area (Å²) < 4.78 is 0. The molecule has 0 nitrogen and oxygen atoms in total. The lowest BCUT2D eigenvalue weighted by atomic mass is 10.1. The molecule has 58 heavy (non-hydrogen) atoms. The molecule has 0 fully saturated rings. The third-order valence-corrected chi connectivity index (χ3v) is 33.6. The van der Waals surface area contributed by atoms with Crippen molar-refractivity contribution in [2.24, 2.45) is 5.92 Å². The average molecular weight is 898 g/mol. The zero-order valence-electron chi connectivity index (χ0n) is 43.3. The van der Waals surface area contributed by atoms with E-state index in [9.17, 15) is 0 Å². The fraction of sp³-hybridized carbons (Fsp3) is 0.569. The van der Waals surface area contributed by atoms with Crippen LogP contribution in [0.25, 0.3) is 0 Å². The highest BCUT2D eigenvalue weighted by Gasteiger charge is 2.54. The zero-order chi connectivity index (χ0) is 45.2. The second-order valence-corrected chi connectivity index (χ2v) is 58.8. The lowest BCUT2D eigenvalue weighted by molar-refractivity contribution is 0.851. The van der Waals surface area contributed by atoms with E-state index < -0.39 is 56.5 Å². The number of hydrogen-bond donors (Lipinski definition) is 0. The fourth-order valence-electron chi connectivity index (χ4n) is 12.1. The first-order valence-electron chi connectivity index (χ1n) is 22.6. The van der Waals surface area contributed by atoms with Gasteiger partial charge in [0.15, 0.2) is 8.07 Å². The minimum atomic E-state index is -3.09. The van der Waals surface area contributed by atoms with E-state index in [1.807, 2.05) is 0 Å². The van der Waals surface area contributed by atoms with Crippen molar-refractivity contribution >= 4 is 103 Å². The Morgan fingerprint density at radius 2 is 0.569 bits per heavy atom. The van der Waals surface area contributed by atoms with Crippen LogP contribution in [0, 0.1) is 47.5 Å². The van der Waals surface area contributed by atoms with Crippen LogP contribution in [0.4, 0.5) is 0 Å². The summed E-state index contributed by atoms with van der Waals surface area (Å²) in [5, 5.41) is 17.5. The van der Waals surface area contributed by atoms with Gasteiger partial charge in [0.2, 0.25) is 0 Å². The molecule has 0 radical (unpaired) electrons. The summed E-state index contributed by atoms with van der Waals surface area (Å²) >= 11 is 0. The van der Waals surface area contributed by atoms with Gasteiger partial charge in [-0.1, -0.05) is 224 Å². The Kier molecular flexibility index (Phi) is 13.2. The largest absolute Gasteiger partial charge is 0.178 e. The second-order valence-electron chi connectivity index (χ2n) is 25.2. The summed E-state index contributed by atoms with van der Waals surface area (Å²) in [5.74, 6) is 0.383. The van der Waals surface area contributed by atoms with E-state index in [0.717, 1.165) is 0 Å². The standard InChI is InChI=1S/C51H88Si7/c1-32-29-42(52(11,12)13)49(55(20,21)22)39(8)45(32)58(48-37(6)35(4)36(5)38(48)7,46-33(2)30-43(53(14,15)16)50(40(46)9)56(23,24)25)47-34(3)31-44(54(17,18)19)51(41(47)10)57(26,27)28/h29-31,37H,1-28H3. The number of benzene rings is 3. The Labute approximate surface area is 367 Å². The summed E-state index contributed by atoms with van der Waals surface area (Å²) in [7, 11) is -13.6. The summed E-state index contributed by atoms with van der Waals surface area (Å²) in [6.07, 6.45) is 0. The molecule has 0 heterocycles. The van der Waals surface area contributed by atoms with Gasteiger partial charge in [-0.15, -0.1) is 0 Å². The number of aryl methyl sites for hydroxylation is 3. The summed E-state index contributed by atoms with van der Waals surface area (Å²) in [4.78, 5) is 0. The van der Waals surface area contributed by atoms with Gasteiger partial charge in [-0.25, -0.2) is 0 Å². The molecule has 0 amide bonds. The SMILES string of the molecule is CC1=C(C)C(C)C([Si](c2c(C)cc([Si](C)(C)C)c([Si](C)(C)C)c2C)(c2c(C)cc([Si](C)(C)C)c([Si](C)(C)C)c2C)c2c(C)cc([Si](C)(C)C)c([Si](C)(C)C)c2C)=C1C. The van der Waals surface area contributed by atoms with Crippen LogP contribution >= 0.6 is 0 Å². The van der Waals surface area contributed by atoms with Gasteiger partial charge in [-0.2, -0.15) is 0 Å². The van der Waals surface area contributed by atoms with Crippen LogP contribution in [0.3, 0.4) is 0 Å². The number of allylic oxidation sites excluding steroid dienone is 4. The highest BCUT2D eigenvalue weighted by molar-refractivity contribution is 7.18. The number of rotatable bonds is 10. The van der Waals surface area contributed by atoms with Gasteiger partial charge in [-0.05, 0) is 89.4 Å². The van der Waals surface area contributed by atoms with Gasteiger partial charge in [0.25, 0.3) is 0 Å². The summed E-state index contributed by atoms with van der Waals surface area (Å²) in [6, 6.07) is 8.36. The Morgan fingerprint density at radius 3 is 0.741 bits per heavy atom. The van der Waals surface area contributed by atoms with Crippen molar-refractivity contribution in [2.75, 3.05) is 0 Å². The molecule has 0 saturated carbocycles. The molecule has 0 aliphatic heterocycles. The van der Waals surface area contributed by atoms with Crippen LogP contribution in [0.5, 0.6) is 0 Å². The van der Waals surface area contributed by atoms with E-state index >= 15 is 0 Å². The van der Waals surface area contributed by atoms with Crippen molar-refractivity contribution in [3.63, 3.8) is 0 Å². The molecule has 7 heteroatoms. The molecule has 1 aliphatic rings. The van der Waals surface area contributed by atoms with Crippen LogP contribution < -0.4 is 46.7 Å². The maximum Gasteiger partial charge on any atom is 0.178 e. The van der Waals surface area contributed by atoms with E-state index in [4.69, 9.17) is 0 Å². The molecule has 3 aromatic rings. The van der Waals surface area contributed by atoms with Crippen molar-refractivity contribution in [1.29, 1.82) is 0 Å². The molecule has 1 atom stereocenters. The van der Waals surface area contributed by atoms with Gasteiger partial charge in [-0.3, -0.25) is 0 Å². The van der Waals surface area contributed by atoms with Crippen molar-refractivity contribution < 1.29 is 0 Å². The molecule has 0 aromatic heterocycles. The normalized spacial score (nSPS) is 16.7. The highest BCUT2D eigenvalue weighted by atomic mass is 28.3. The van der Waals surface area contributed by atoms with E-state index in [0.29, 0.717) is 5.92 Å². The quantitative estimate of drug-likeness (QED) is 0.141. The summed E-state index contributed by atoms with van der Waals surface area (Å²) in [5.41, 5.74) is 14.4. The smallest absolute Gasteiger partial charge is 0.0656 e. The number of hydrogen-bond acceptors (Lipinski definition) is 0. The predicted molar refractivity (Wildman–Crippen MR) is 291 cm³/mol. The molecule has 1 aliphatic carbocycles. The van der Waals surface area contributed by atoms with Crippen LogP contribution in [-0.4, -0.2) is 56.5 Å². The third-order valence-electron chi connectivity index (χ3n) is 14.2. The van der Waals surface area contributed by atoms with Crippen LogP contribution in [0.1, 0.15) is 61.1 Å². The molecule has 3 aromatic carbocycles. The second kappa shape index (κ2) is 15.5. The molecular formula is C51H88Si7. The molecule has 0 spiro atoms. The molecule has 320 valence electrons. The zero-order valence-corrected chi connectivity index (χ0v) is 50.3. The van der Waals surface area contributed by atoms with Gasteiger partial charge in [0.1, 0.15) is 0 Å². The third kappa shape index (κ3) is 8.19. The van der Waals surface area contributed by atoms with E-state index in [-0.39, 0.29) is 0 Å². The molecule has 0 saturated heterocycles. The molecule has 0 bridgehead atoms. The van der Waals surface area contributed by atoms with Gasteiger partial charge in [0, 0.05) is 0 Å². The minimum absolute atomic E-state index is 0.383. The average Bonchev–Trinajstić information content (AvgIpc) is 3.18. The maximum absolute atomic E-state index is 3.09. The highest BCUT2D eigenvalue weighted by Crippen LogP contribution is 2.43. The summed E-state index contributed by atoms with van der Waals surface area (Å²) in [6.45, 7) is 72.9. The first-order valence-corrected chi connectivity index (χ1v) is 45.6. The maximum atomic E-state index is 2.79. The van der Waals surface area contributed by atoms with E-state index in [1.165, 1.54) is 5.57 Å². The molecular weight excluding hydrogens is 809 g/mol. The van der Waals surface area contributed by atoms with E-state index in [2.05, 4.69) is 205 Å². The van der Waals surface area contributed by atoms with Crippen LogP contribution in [0.2, 0.25) is 118 Å². The Morgan fingerprint density at radius 1 is 0.328 bits per heavy atom. The fourth-order valence-corrected chi connectivity index (χ4v) is 37.6. The first-order chi connectivity index (χ1) is 25.8. The predicted octanol–water partition coefficient (Wildman–Crippen LogP) is 10.1. The lowest BCUT2D eigenvalue weighted by Crippen LogP contribution is -2.77. The van der Waals surface area contributed by atoms with Crippen molar-refractivity contribution in [2.45, 2.75) is 187 Å².